The van der Waals surface area contributed by atoms with Crippen molar-refractivity contribution >= 4 is 34.9 Å². The lowest BCUT2D eigenvalue weighted by molar-refractivity contribution is -0.384. The minimum absolute atomic E-state index is 0.00975. The summed E-state index contributed by atoms with van der Waals surface area (Å²) in [7, 11) is 0. The molecule has 2 amide bonds. The van der Waals surface area contributed by atoms with Gasteiger partial charge in [0.1, 0.15) is 0 Å². The van der Waals surface area contributed by atoms with Crippen LogP contribution in [0.4, 0.5) is 11.4 Å². The number of carboxylic acids is 1. The summed E-state index contributed by atoms with van der Waals surface area (Å²) in [5.74, 6) is -2.23. The van der Waals surface area contributed by atoms with Gasteiger partial charge in [0.05, 0.1) is 17.1 Å². The zero-order chi connectivity index (χ0) is 21.5. The third kappa shape index (κ3) is 2.98. The van der Waals surface area contributed by atoms with Gasteiger partial charge >= 0.3 is 5.97 Å². The lowest BCUT2D eigenvalue weighted by atomic mass is 9.84. The second-order valence-corrected chi connectivity index (χ2v) is 6.99. The summed E-state index contributed by atoms with van der Waals surface area (Å²) in [6.45, 7) is 0. The van der Waals surface area contributed by atoms with Gasteiger partial charge in [0, 0.05) is 41.8 Å². The van der Waals surface area contributed by atoms with E-state index in [2.05, 4.69) is 10.4 Å². The van der Waals surface area contributed by atoms with Crippen molar-refractivity contribution in [3.8, 4) is 0 Å². The molecule has 0 bridgehead atoms. The molecule has 1 atom stereocenters. The smallest absolute Gasteiger partial charge is 0.303 e. The zero-order valence-electron chi connectivity index (χ0n) is 15.6. The summed E-state index contributed by atoms with van der Waals surface area (Å²) in [5.41, 5.74) is 0.211. The number of nitrogens with one attached hydrogen (secondary N) is 1. The van der Waals surface area contributed by atoms with Gasteiger partial charge in [0.25, 0.3) is 11.6 Å². The third-order valence-corrected chi connectivity index (χ3v) is 5.18. The molecule has 10 heteroatoms. The molecule has 0 unspecified atom stereocenters. The number of carbonyl (C=O) groups excluding carboxylic acids is 2. The van der Waals surface area contributed by atoms with Crippen LogP contribution in [-0.2, 0) is 19.9 Å². The molecule has 0 aliphatic carbocycles. The number of carbonyl (C=O) groups is 3. The minimum atomic E-state index is -1.47. The number of hydrogen-bond donors (Lipinski definition) is 2. The number of aliphatic carboxylic acids is 1. The molecule has 2 heterocycles. The number of fused-ring (bicyclic) bond motifs is 2. The summed E-state index contributed by atoms with van der Waals surface area (Å²) in [4.78, 5) is 47.5. The van der Waals surface area contributed by atoms with Crippen LogP contribution in [0.2, 0.25) is 0 Å². The van der Waals surface area contributed by atoms with Crippen molar-refractivity contribution in [2.75, 3.05) is 5.32 Å². The van der Waals surface area contributed by atoms with Gasteiger partial charge in [0.15, 0.2) is 5.54 Å². The van der Waals surface area contributed by atoms with E-state index in [1.165, 1.54) is 18.2 Å². The first-order chi connectivity index (χ1) is 14.3. The minimum Gasteiger partial charge on any atom is -0.481 e. The number of nitro benzene ring substituents is 1. The van der Waals surface area contributed by atoms with E-state index in [0.717, 1.165) is 5.01 Å². The highest BCUT2D eigenvalue weighted by Crippen LogP contribution is 2.47. The summed E-state index contributed by atoms with van der Waals surface area (Å²) >= 11 is 0. The second-order valence-electron chi connectivity index (χ2n) is 6.99. The van der Waals surface area contributed by atoms with E-state index in [-0.39, 0.29) is 18.5 Å². The van der Waals surface area contributed by atoms with Crippen molar-refractivity contribution in [2.24, 2.45) is 5.10 Å². The van der Waals surface area contributed by atoms with Gasteiger partial charge in [-0.15, -0.1) is 0 Å². The van der Waals surface area contributed by atoms with Crippen LogP contribution in [0.15, 0.2) is 53.6 Å². The molecule has 2 aliphatic rings. The summed E-state index contributed by atoms with van der Waals surface area (Å²) in [6, 6.07) is 12.7. The Kier molecular flexibility index (Phi) is 4.53. The highest BCUT2D eigenvalue weighted by atomic mass is 16.6. The fraction of sp³-hybridized carbons (Fsp3) is 0.200. The fourth-order valence-corrected chi connectivity index (χ4v) is 3.79. The SMILES string of the molecule is O=C(O)CCC(=O)N1N=C(c2cccc([N+](=O)[O-])c2)C[C@]12C(=O)Nc1ccccc12. The van der Waals surface area contributed by atoms with Gasteiger partial charge in [0.2, 0.25) is 5.91 Å². The van der Waals surface area contributed by atoms with Gasteiger partial charge < -0.3 is 10.4 Å². The van der Waals surface area contributed by atoms with Crippen LogP contribution < -0.4 is 5.32 Å². The summed E-state index contributed by atoms with van der Waals surface area (Å²) in [6.07, 6.45) is -0.732. The van der Waals surface area contributed by atoms with Crippen LogP contribution in [0.5, 0.6) is 0 Å². The molecule has 0 fully saturated rings. The molecule has 0 saturated heterocycles. The number of anilines is 1. The van der Waals surface area contributed by atoms with Gasteiger partial charge in [-0.3, -0.25) is 24.5 Å². The van der Waals surface area contributed by atoms with Gasteiger partial charge in [-0.25, -0.2) is 5.01 Å². The Bertz CT molecular complexity index is 1130. The normalized spacial score (nSPS) is 19.4. The monoisotopic (exact) mass is 408 g/mol. The van der Waals surface area contributed by atoms with Crippen molar-refractivity contribution in [3.63, 3.8) is 0 Å². The summed E-state index contributed by atoms with van der Waals surface area (Å²) < 4.78 is 0. The van der Waals surface area contributed by atoms with Crippen LogP contribution in [0.25, 0.3) is 0 Å². The van der Waals surface area contributed by atoms with Crippen LogP contribution in [-0.4, -0.2) is 38.5 Å². The molecule has 4 rings (SSSR count). The van der Waals surface area contributed by atoms with E-state index in [9.17, 15) is 24.5 Å². The lowest BCUT2D eigenvalue weighted by Crippen LogP contribution is -2.48. The van der Waals surface area contributed by atoms with Crippen LogP contribution in [0, 0.1) is 10.1 Å². The molecule has 0 aromatic heterocycles. The number of carboxylic acid groups (broad SMARTS) is 1. The van der Waals surface area contributed by atoms with E-state index in [4.69, 9.17) is 5.11 Å². The number of nitrogens with zero attached hydrogens (tertiary/aromatic N) is 3. The predicted molar refractivity (Wildman–Crippen MR) is 105 cm³/mol. The standard InChI is InChI=1S/C20H16N4O6/c25-17(8-9-18(26)27)23-20(14-6-1-2-7-15(14)21-19(20)28)11-16(22-23)12-4-3-5-13(10-12)24(29)30/h1-7,10H,8-9,11H2,(H,21,28)(H,26,27)/t20-/m0/s1. The molecule has 30 heavy (non-hydrogen) atoms. The topological polar surface area (TPSA) is 142 Å². The predicted octanol–water partition coefficient (Wildman–Crippen LogP) is 2.24. The number of benzene rings is 2. The van der Waals surface area contributed by atoms with Crippen molar-refractivity contribution in [1.29, 1.82) is 0 Å². The first-order valence-corrected chi connectivity index (χ1v) is 9.11. The molecule has 0 radical (unpaired) electrons. The Hall–Kier alpha value is -4.08. The largest absolute Gasteiger partial charge is 0.481 e. The molecular formula is C20H16N4O6. The maximum absolute atomic E-state index is 13.1. The average Bonchev–Trinajstić information content (AvgIpc) is 3.26. The van der Waals surface area contributed by atoms with E-state index in [1.807, 2.05) is 0 Å². The Morgan fingerprint density at radius 2 is 1.97 bits per heavy atom. The van der Waals surface area contributed by atoms with E-state index >= 15 is 0 Å². The van der Waals surface area contributed by atoms with Crippen LogP contribution in [0.1, 0.15) is 30.4 Å². The van der Waals surface area contributed by atoms with Gasteiger partial charge in [-0.1, -0.05) is 30.3 Å². The number of non-ortho nitro benzene ring substituents is 1. The average molecular weight is 408 g/mol. The molecule has 152 valence electrons. The summed E-state index contributed by atoms with van der Waals surface area (Å²) in [5, 5.41) is 28.2. The highest BCUT2D eigenvalue weighted by Gasteiger charge is 2.57. The fourth-order valence-electron chi connectivity index (χ4n) is 3.79. The Labute approximate surface area is 170 Å². The van der Waals surface area contributed by atoms with Crippen molar-refractivity contribution in [1.82, 2.24) is 5.01 Å². The molecule has 2 aromatic rings. The quantitative estimate of drug-likeness (QED) is 0.574. The van der Waals surface area contributed by atoms with E-state index < -0.39 is 34.7 Å². The van der Waals surface area contributed by atoms with Crippen molar-refractivity contribution in [2.45, 2.75) is 24.8 Å². The first kappa shape index (κ1) is 19.2. The number of amides is 2. The third-order valence-electron chi connectivity index (χ3n) is 5.18. The zero-order valence-corrected chi connectivity index (χ0v) is 15.6. The number of hydrazone groups is 1. The Balaban J connectivity index is 1.80. The molecule has 10 nitrogen and oxygen atoms in total. The molecule has 2 N–H and O–H groups in total. The number of rotatable bonds is 5. The second kappa shape index (κ2) is 7.07. The van der Waals surface area contributed by atoms with Crippen molar-refractivity contribution < 1.29 is 24.4 Å². The molecular weight excluding hydrogens is 392 g/mol. The molecule has 0 saturated carbocycles. The van der Waals surface area contributed by atoms with Gasteiger partial charge in [-0.05, 0) is 6.07 Å². The van der Waals surface area contributed by atoms with Crippen LogP contribution >= 0.6 is 0 Å². The maximum atomic E-state index is 13.1. The van der Waals surface area contributed by atoms with E-state index in [1.54, 1.807) is 30.3 Å². The molecule has 2 aromatic carbocycles. The Morgan fingerprint density at radius 3 is 2.70 bits per heavy atom. The van der Waals surface area contributed by atoms with E-state index in [0.29, 0.717) is 22.5 Å². The number of para-hydroxylation sites is 1. The number of nitro groups is 1. The van der Waals surface area contributed by atoms with Crippen molar-refractivity contribution in [3.05, 3.63) is 69.8 Å². The molecule has 2 aliphatic heterocycles. The molecule has 1 spiro atoms. The van der Waals surface area contributed by atoms with Gasteiger partial charge in [-0.2, -0.15) is 5.10 Å². The first-order valence-electron chi connectivity index (χ1n) is 9.11. The van der Waals surface area contributed by atoms with Crippen LogP contribution in [0.3, 0.4) is 0 Å². The Morgan fingerprint density at radius 1 is 1.20 bits per heavy atom. The maximum Gasteiger partial charge on any atom is 0.303 e. The number of hydrogen-bond acceptors (Lipinski definition) is 6. The lowest BCUT2D eigenvalue weighted by Gasteiger charge is -2.30. The highest BCUT2D eigenvalue weighted by molar-refractivity contribution is 6.15.